The lowest BCUT2D eigenvalue weighted by molar-refractivity contribution is -0.133. The lowest BCUT2D eigenvalue weighted by atomic mass is 9.98. The van der Waals surface area contributed by atoms with Crippen LogP contribution in [0.25, 0.3) is 0 Å². The van der Waals surface area contributed by atoms with E-state index in [9.17, 15) is 4.79 Å². The third-order valence-corrected chi connectivity index (χ3v) is 2.26. The molecule has 0 saturated heterocycles. The molecule has 0 heterocycles. The van der Waals surface area contributed by atoms with Gasteiger partial charge in [0.25, 0.3) is 0 Å². The number of benzene rings is 1. The lowest BCUT2D eigenvalue weighted by Gasteiger charge is -2.18. The number of rotatable bonds is 5. The van der Waals surface area contributed by atoms with Crippen molar-refractivity contribution in [1.82, 2.24) is 0 Å². The molecule has 1 aromatic rings. The number of hydrogen-bond acceptors (Lipinski definition) is 2. The number of hydrogen-bond donors (Lipinski definition) is 0. The van der Waals surface area contributed by atoms with Crippen LogP contribution in [0, 0.1) is 5.92 Å². The van der Waals surface area contributed by atoms with Crippen molar-refractivity contribution in [2.45, 2.75) is 26.9 Å². The molecule has 0 saturated carbocycles. The molecule has 1 atom stereocenters. The zero-order valence-corrected chi connectivity index (χ0v) is 9.57. The number of ketones is 1. The van der Waals surface area contributed by atoms with Crippen molar-refractivity contribution in [2.24, 2.45) is 5.92 Å². The first-order chi connectivity index (χ1) is 7.16. The van der Waals surface area contributed by atoms with Gasteiger partial charge in [-0.25, -0.2) is 0 Å². The van der Waals surface area contributed by atoms with E-state index in [1.54, 1.807) is 0 Å². The molecule has 0 N–H and O–H groups in total. The summed E-state index contributed by atoms with van der Waals surface area (Å²) in [5.41, 5.74) is 0.943. The second-order valence-electron chi connectivity index (χ2n) is 3.80. The fourth-order valence-corrected chi connectivity index (χ4v) is 1.44. The van der Waals surface area contributed by atoms with E-state index in [2.05, 4.69) is 0 Å². The van der Waals surface area contributed by atoms with Crippen LogP contribution in [0.15, 0.2) is 30.3 Å². The minimum absolute atomic E-state index is 0.00163. The van der Waals surface area contributed by atoms with Crippen molar-refractivity contribution in [3.63, 3.8) is 0 Å². The van der Waals surface area contributed by atoms with Crippen molar-refractivity contribution in [3.05, 3.63) is 35.9 Å². The van der Waals surface area contributed by atoms with Gasteiger partial charge in [-0.1, -0.05) is 44.2 Å². The van der Waals surface area contributed by atoms with Gasteiger partial charge in [0.2, 0.25) is 0 Å². The Bertz CT molecular complexity index is 304. The summed E-state index contributed by atoms with van der Waals surface area (Å²) < 4.78 is 5.50. The van der Waals surface area contributed by atoms with Crippen LogP contribution in [0.1, 0.15) is 32.4 Å². The predicted octanol–water partition coefficient (Wildman–Crippen LogP) is 2.99. The number of carbonyl (C=O) groups is 1. The molecule has 0 amide bonds. The molecule has 1 rings (SSSR count). The summed E-state index contributed by atoms with van der Waals surface area (Å²) in [6.45, 7) is 6.26. The number of carbonyl (C=O) groups excluding carboxylic acids is 1. The highest BCUT2D eigenvalue weighted by atomic mass is 16.5. The number of ether oxygens (including phenoxy) is 1. The summed E-state index contributed by atoms with van der Waals surface area (Å²) in [5, 5.41) is 0. The fourth-order valence-electron chi connectivity index (χ4n) is 1.44. The van der Waals surface area contributed by atoms with Gasteiger partial charge in [-0.05, 0) is 12.5 Å². The lowest BCUT2D eigenvalue weighted by Crippen LogP contribution is -2.20. The van der Waals surface area contributed by atoms with Crippen molar-refractivity contribution < 1.29 is 9.53 Å². The number of Topliss-reactive ketones (excluding diaryl/α,β-unsaturated/α-hetero) is 1. The van der Waals surface area contributed by atoms with E-state index in [-0.39, 0.29) is 11.7 Å². The summed E-state index contributed by atoms with van der Waals surface area (Å²) >= 11 is 0. The van der Waals surface area contributed by atoms with Crippen molar-refractivity contribution in [2.75, 3.05) is 6.61 Å². The van der Waals surface area contributed by atoms with Crippen LogP contribution in [-0.2, 0) is 9.53 Å². The Morgan fingerprint density at radius 2 is 1.87 bits per heavy atom. The first-order valence-corrected chi connectivity index (χ1v) is 5.37. The molecular formula is C13H18O2. The maximum absolute atomic E-state index is 11.9. The summed E-state index contributed by atoms with van der Waals surface area (Å²) in [5.74, 6) is 0.143. The van der Waals surface area contributed by atoms with Crippen molar-refractivity contribution in [3.8, 4) is 0 Å². The average Bonchev–Trinajstić information content (AvgIpc) is 2.26. The Morgan fingerprint density at radius 3 is 2.33 bits per heavy atom. The first kappa shape index (κ1) is 11.9. The van der Waals surface area contributed by atoms with E-state index in [1.165, 1.54) is 0 Å². The van der Waals surface area contributed by atoms with Gasteiger partial charge in [0.1, 0.15) is 6.10 Å². The molecule has 0 aromatic heterocycles. The Kier molecular flexibility index (Phi) is 4.50. The quantitative estimate of drug-likeness (QED) is 0.740. The normalized spacial score (nSPS) is 12.8. The van der Waals surface area contributed by atoms with Crippen molar-refractivity contribution >= 4 is 5.78 Å². The Balaban J connectivity index is 2.88. The van der Waals surface area contributed by atoms with Crippen LogP contribution >= 0.6 is 0 Å². The Morgan fingerprint density at radius 1 is 1.27 bits per heavy atom. The van der Waals surface area contributed by atoms with Gasteiger partial charge in [0.15, 0.2) is 5.78 Å². The standard InChI is InChI=1S/C13H18O2/c1-4-15-13(12(14)10(2)3)11-8-6-5-7-9-11/h5-10,13H,4H2,1-3H3. The third kappa shape index (κ3) is 3.17. The van der Waals surface area contributed by atoms with Gasteiger partial charge in [-0.15, -0.1) is 0 Å². The van der Waals surface area contributed by atoms with E-state index in [1.807, 2.05) is 51.1 Å². The van der Waals surface area contributed by atoms with Gasteiger partial charge in [0.05, 0.1) is 0 Å². The highest BCUT2D eigenvalue weighted by Gasteiger charge is 2.22. The first-order valence-electron chi connectivity index (χ1n) is 5.37. The monoisotopic (exact) mass is 206 g/mol. The van der Waals surface area contributed by atoms with Crippen LogP contribution in [0.2, 0.25) is 0 Å². The fraction of sp³-hybridized carbons (Fsp3) is 0.462. The summed E-state index contributed by atoms with van der Waals surface area (Å²) in [7, 11) is 0. The largest absolute Gasteiger partial charge is 0.366 e. The molecule has 0 bridgehead atoms. The van der Waals surface area contributed by atoms with E-state index in [4.69, 9.17) is 4.74 Å². The van der Waals surface area contributed by atoms with Gasteiger partial charge in [-0.2, -0.15) is 0 Å². The highest BCUT2D eigenvalue weighted by molar-refractivity contribution is 5.86. The molecule has 15 heavy (non-hydrogen) atoms. The maximum Gasteiger partial charge on any atom is 0.168 e. The smallest absolute Gasteiger partial charge is 0.168 e. The van der Waals surface area contributed by atoms with Gasteiger partial charge < -0.3 is 4.74 Å². The molecule has 0 aliphatic heterocycles. The molecule has 0 fully saturated rings. The van der Waals surface area contributed by atoms with Crippen LogP contribution in [0.5, 0.6) is 0 Å². The minimum Gasteiger partial charge on any atom is -0.366 e. The van der Waals surface area contributed by atoms with Gasteiger partial charge >= 0.3 is 0 Å². The molecule has 1 unspecified atom stereocenters. The van der Waals surface area contributed by atoms with Crippen molar-refractivity contribution in [1.29, 1.82) is 0 Å². The topological polar surface area (TPSA) is 26.3 Å². The van der Waals surface area contributed by atoms with E-state index >= 15 is 0 Å². The molecular weight excluding hydrogens is 188 g/mol. The van der Waals surface area contributed by atoms with E-state index in [0.717, 1.165) is 5.56 Å². The SMILES string of the molecule is CCOC(C(=O)C(C)C)c1ccccc1. The summed E-state index contributed by atoms with van der Waals surface area (Å²) in [6.07, 6.45) is -0.406. The second kappa shape index (κ2) is 5.66. The molecule has 1 aromatic carbocycles. The molecule has 0 aliphatic carbocycles. The molecule has 2 heteroatoms. The zero-order valence-electron chi connectivity index (χ0n) is 9.57. The molecule has 0 spiro atoms. The minimum atomic E-state index is -0.406. The highest BCUT2D eigenvalue weighted by Crippen LogP contribution is 2.21. The van der Waals surface area contributed by atoms with E-state index in [0.29, 0.717) is 6.61 Å². The molecule has 2 nitrogen and oxygen atoms in total. The average molecular weight is 206 g/mol. The predicted molar refractivity (Wildman–Crippen MR) is 60.7 cm³/mol. The molecule has 0 radical (unpaired) electrons. The molecule has 0 aliphatic rings. The third-order valence-electron chi connectivity index (χ3n) is 2.26. The summed E-state index contributed by atoms with van der Waals surface area (Å²) in [6, 6.07) is 9.65. The van der Waals surface area contributed by atoms with Crippen LogP contribution in [0.3, 0.4) is 0 Å². The molecule has 82 valence electrons. The van der Waals surface area contributed by atoms with Crippen LogP contribution in [-0.4, -0.2) is 12.4 Å². The Labute approximate surface area is 91.3 Å². The maximum atomic E-state index is 11.9. The zero-order chi connectivity index (χ0) is 11.3. The Hall–Kier alpha value is -1.15. The van der Waals surface area contributed by atoms with E-state index < -0.39 is 6.10 Å². The summed E-state index contributed by atoms with van der Waals surface area (Å²) in [4.78, 5) is 11.9. The second-order valence-corrected chi connectivity index (χ2v) is 3.80. The van der Waals surface area contributed by atoms with Gasteiger partial charge in [-0.3, -0.25) is 4.79 Å². The van der Waals surface area contributed by atoms with Crippen LogP contribution < -0.4 is 0 Å². The van der Waals surface area contributed by atoms with Gasteiger partial charge in [0, 0.05) is 12.5 Å². The van der Waals surface area contributed by atoms with Crippen LogP contribution in [0.4, 0.5) is 0 Å².